The van der Waals surface area contributed by atoms with Gasteiger partial charge in [0.25, 0.3) is 0 Å². The van der Waals surface area contributed by atoms with Crippen LogP contribution < -0.4 is 20.7 Å². The molecule has 0 saturated heterocycles. The minimum absolute atomic E-state index is 0.640. The minimum atomic E-state index is -2.66. The molecule has 258 valence electrons. The van der Waals surface area contributed by atoms with Crippen molar-refractivity contribution < 1.29 is 0 Å². The Labute approximate surface area is 322 Å². The van der Waals surface area contributed by atoms with Gasteiger partial charge in [0.1, 0.15) is 0 Å². The lowest BCUT2D eigenvalue weighted by Crippen LogP contribution is -2.72. The number of hydrogen-bond donors (Lipinski definition) is 0. The molecule has 0 bridgehead atoms. The van der Waals surface area contributed by atoms with E-state index < -0.39 is 8.07 Å². The van der Waals surface area contributed by atoms with E-state index in [1.54, 1.807) is 0 Å². The van der Waals surface area contributed by atoms with Crippen molar-refractivity contribution in [3.63, 3.8) is 0 Å². The van der Waals surface area contributed by atoms with Gasteiger partial charge >= 0.3 is 0 Å². The van der Waals surface area contributed by atoms with Crippen LogP contribution in [0.5, 0.6) is 0 Å². The first kappa shape index (κ1) is 32.6. The number of rotatable bonds is 7. The fourth-order valence-corrected chi connectivity index (χ4v) is 13.6. The molecule has 0 N–H and O–H groups in total. The van der Waals surface area contributed by atoms with Crippen LogP contribution in [0.2, 0.25) is 0 Å². The van der Waals surface area contributed by atoms with Crippen LogP contribution in [0.1, 0.15) is 0 Å². The predicted octanol–water partition coefficient (Wildman–Crippen LogP) is 9.56. The maximum atomic E-state index is 5.24. The second-order valence-electron chi connectivity index (χ2n) is 13.9. The molecule has 2 heterocycles. The van der Waals surface area contributed by atoms with Crippen LogP contribution in [0.15, 0.2) is 212 Å². The Morgan fingerprint density at radius 2 is 0.655 bits per heavy atom. The summed E-state index contributed by atoms with van der Waals surface area (Å²) in [7, 11) is -2.66. The van der Waals surface area contributed by atoms with Crippen molar-refractivity contribution in [2.75, 3.05) is 0 Å². The number of fused-ring (bicyclic) bond motifs is 3. The topological polar surface area (TPSA) is 38.7 Å². The smallest absolute Gasteiger partial charge is 0.180 e. The highest BCUT2D eigenvalue weighted by atomic mass is 28.3. The monoisotopic (exact) mass is 717 g/mol. The lowest BCUT2D eigenvalue weighted by Gasteiger charge is -2.31. The van der Waals surface area contributed by atoms with Crippen molar-refractivity contribution in [1.82, 2.24) is 15.0 Å². The molecular weight excluding hydrogens is 683 g/mol. The summed E-state index contributed by atoms with van der Waals surface area (Å²) in [5, 5.41) is 5.58. The first-order valence-electron chi connectivity index (χ1n) is 18.7. The summed E-state index contributed by atoms with van der Waals surface area (Å²) >= 11 is 0. The van der Waals surface area contributed by atoms with Crippen LogP contribution in [0.25, 0.3) is 67.5 Å². The molecule has 10 rings (SSSR count). The molecule has 0 aliphatic carbocycles. The second-order valence-corrected chi connectivity index (χ2v) is 17.6. The molecule has 1 aliphatic heterocycles. The highest BCUT2D eigenvalue weighted by Crippen LogP contribution is 2.40. The van der Waals surface area contributed by atoms with Crippen molar-refractivity contribution in [2.45, 2.75) is 0 Å². The van der Waals surface area contributed by atoms with Gasteiger partial charge in [-0.3, -0.25) is 0 Å². The van der Waals surface area contributed by atoms with E-state index in [1.807, 2.05) is 24.3 Å². The molecular formula is C51H35N3Si. The molecule has 1 aromatic heterocycles. The summed E-state index contributed by atoms with van der Waals surface area (Å²) < 4.78 is 0. The van der Waals surface area contributed by atoms with Crippen molar-refractivity contribution in [3.05, 3.63) is 212 Å². The molecule has 1 aliphatic rings. The third-order valence-electron chi connectivity index (χ3n) is 10.9. The van der Waals surface area contributed by atoms with E-state index in [-0.39, 0.29) is 0 Å². The third kappa shape index (κ3) is 5.54. The summed E-state index contributed by atoms with van der Waals surface area (Å²) in [6.45, 7) is 0. The highest BCUT2D eigenvalue weighted by molar-refractivity contribution is 7.22. The van der Waals surface area contributed by atoms with Crippen molar-refractivity contribution in [1.29, 1.82) is 0 Å². The molecule has 8 aromatic carbocycles. The van der Waals surface area contributed by atoms with Gasteiger partial charge in [-0.25, -0.2) is 15.0 Å². The highest BCUT2D eigenvalue weighted by Gasteiger charge is 2.49. The van der Waals surface area contributed by atoms with Crippen LogP contribution in [-0.4, -0.2) is 23.0 Å². The quantitative estimate of drug-likeness (QED) is 0.154. The van der Waals surface area contributed by atoms with Crippen molar-refractivity contribution in [2.24, 2.45) is 0 Å². The summed E-state index contributed by atoms with van der Waals surface area (Å²) in [6.07, 6.45) is 0. The van der Waals surface area contributed by atoms with Crippen molar-refractivity contribution >= 4 is 28.8 Å². The fourth-order valence-electron chi connectivity index (χ4n) is 8.41. The normalized spacial score (nSPS) is 12.5. The lowest BCUT2D eigenvalue weighted by molar-refractivity contribution is 1.07. The molecule has 0 spiro atoms. The van der Waals surface area contributed by atoms with E-state index in [2.05, 4.69) is 188 Å². The number of hydrogen-bond acceptors (Lipinski definition) is 3. The second kappa shape index (κ2) is 13.8. The summed E-state index contributed by atoms with van der Waals surface area (Å²) in [5.41, 5.74) is 10.0. The number of benzene rings is 8. The van der Waals surface area contributed by atoms with E-state index in [1.165, 1.54) is 43.0 Å². The van der Waals surface area contributed by atoms with Gasteiger partial charge in [0.05, 0.1) is 0 Å². The van der Waals surface area contributed by atoms with Gasteiger partial charge in [0.2, 0.25) is 0 Å². The molecule has 4 heteroatoms. The molecule has 0 radical (unpaired) electrons. The van der Waals surface area contributed by atoms with Gasteiger partial charge in [-0.15, -0.1) is 0 Å². The third-order valence-corrected chi connectivity index (χ3v) is 15.7. The van der Waals surface area contributed by atoms with E-state index >= 15 is 0 Å². The Bertz CT molecular complexity index is 2750. The van der Waals surface area contributed by atoms with Crippen LogP contribution in [-0.2, 0) is 0 Å². The number of nitrogens with zero attached hydrogens (tertiary/aromatic N) is 3. The molecule has 55 heavy (non-hydrogen) atoms. The van der Waals surface area contributed by atoms with E-state index in [9.17, 15) is 0 Å². The van der Waals surface area contributed by atoms with Gasteiger partial charge in [0, 0.05) is 16.7 Å². The average molecular weight is 718 g/mol. The van der Waals surface area contributed by atoms with Crippen LogP contribution >= 0.6 is 0 Å². The number of aromatic nitrogens is 3. The SMILES string of the molecule is c1ccc(-c2ccc(-c3nc(-c4ccccc4)nc(-c4ccccc4-c4cccc5c4-c4ccccc4[Si]5(c4ccccc4)c4ccccc4)n3)cc2)cc1. The summed E-state index contributed by atoms with van der Waals surface area (Å²) in [5.74, 6) is 1.93. The minimum Gasteiger partial charge on any atom is -0.208 e. The van der Waals surface area contributed by atoms with Gasteiger partial charge in [0.15, 0.2) is 25.5 Å². The van der Waals surface area contributed by atoms with E-state index in [0.717, 1.165) is 27.8 Å². The zero-order chi connectivity index (χ0) is 36.6. The standard InChI is InChI=1S/C51H35N3Si/c1-5-18-36(19-6-1)37-32-34-39(35-33-37)50-52-49(38-20-7-2-8-21-38)53-51(54-50)44-27-14-13-26-42(44)43-29-17-31-47-48(43)45-28-15-16-30-46(45)55(47,40-22-9-3-10-23-40)41-24-11-4-12-25-41/h1-35H. The zero-order valence-electron chi connectivity index (χ0n) is 30.0. The Morgan fingerprint density at radius 3 is 1.27 bits per heavy atom. The Balaban J connectivity index is 1.19. The Kier molecular flexibility index (Phi) is 8.16. The Morgan fingerprint density at radius 1 is 0.255 bits per heavy atom. The van der Waals surface area contributed by atoms with Gasteiger partial charge in [-0.2, -0.15) is 0 Å². The molecule has 0 fully saturated rings. The largest absolute Gasteiger partial charge is 0.208 e. The van der Waals surface area contributed by atoms with Crippen LogP contribution in [0.3, 0.4) is 0 Å². The molecule has 9 aromatic rings. The first-order chi connectivity index (χ1) is 27.3. The average Bonchev–Trinajstić information content (AvgIpc) is 3.59. The molecule has 0 unspecified atom stereocenters. The predicted molar refractivity (Wildman–Crippen MR) is 230 cm³/mol. The zero-order valence-corrected chi connectivity index (χ0v) is 31.0. The molecule has 0 atom stereocenters. The molecule has 0 saturated carbocycles. The van der Waals surface area contributed by atoms with Gasteiger partial charge in [-0.1, -0.05) is 212 Å². The van der Waals surface area contributed by atoms with E-state index in [4.69, 9.17) is 15.0 Å². The fraction of sp³-hybridized carbons (Fsp3) is 0. The Hall–Kier alpha value is -7.01. The van der Waals surface area contributed by atoms with Gasteiger partial charge < -0.3 is 0 Å². The van der Waals surface area contributed by atoms with Crippen LogP contribution in [0, 0.1) is 0 Å². The van der Waals surface area contributed by atoms with Gasteiger partial charge in [-0.05, 0) is 54.1 Å². The summed E-state index contributed by atoms with van der Waals surface area (Å²) in [4.78, 5) is 15.5. The lowest BCUT2D eigenvalue weighted by atomic mass is 9.91. The summed E-state index contributed by atoms with van der Waals surface area (Å²) in [6, 6.07) is 76.0. The molecule has 3 nitrogen and oxygen atoms in total. The molecule has 0 amide bonds. The van der Waals surface area contributed by atoms with Crippen LogP contribution in [0.4, 0.5) is 0 Å². The first-order valence-corrected chi connectivity index (χ1v) is 20.7. The maximum absolute atomic E-state index is 5.24. The van der Waals surface area contributed by atoms with Crippen molar-refractivity contribution in [3.8, 4) is 67.5 Å². The maximum Gasteiger partial charge on any atom is 0.180 e. The van der Waals surface area contributed by atoms with E-state index in [0.29, 0.717) is 17.5 Å².